The molecule has 0 aromatic carbocycles. The summed E-state index contributed by atoms with van der Waals surface area (Å²) in [5, 5.41) is 0.227. The maximum atomic E-state index is 12.4. The number of pyridine rings is 1. The van der Waals surface area contributed by atoms with Crippen LogP contribution in [0.15, 0.2) is 23.4 Å². The molecule has 0 aliphatic carbocycles. The Morgan fingerprint density at radius 3 is 3.00 bits per heavy atom. The van der Waals surface area contributed by atoms with Gasteiger partial charge in [0.1, 0.15) is 4.90 Å². The minimum Gasteiger partial charge on any atom is -0.263 e. The van der Waals surface area contributed by atoms with Crippen LogP contribution in [0.25, 0.3) is 0 Å². The number of aromatic nitrogens is 1. The molecule has 0 N–H and O–H groups in total. The largest absolute Gasteiger partial charge is 0.263 e. The quantitative estimate of drug-likeness (QED) is 0.835. The van der Waals surface area contributed by atoms with Crippen molar-refractivity contribution in [3.63, 3.8) is 0 Å². The Balaban J connectivity index is 2.39. The first-order valence-electron chi connectivity index (χ1n) is 5.22. The molecule has 2 heterocycles. The van der Waals surface area contributed by atoms with Gasteiger partial charge in [-0.3, -0.25) is 4.98 Å². The first-order valence-corrected chi connectivity index (χ1v) is 8.20. The van der Waals surface area contributed by atoms with E-state index in [1.54, 1.807) is 11.8 Å². The van der Waals surface area contributed by atoms with Crippen molar-refractivity contribution in [1.82, 2.24) is 9.29 Å². The highest BCUT2D eigenvalue weighted by atomic mass is 35.5. The maximum absolute atomic E-state index is 12.4. The standard InChI is InChI=1S/C10H13ClN2O2S2/c1-8-7-16-5-4-13(8)17(14,15)10-6-12-3-2-9(10)11/h2-3,6,8H,4-5,7H2,1H3. The Labute approximate surface area is 110 Å². The molecule has 1 aliphatic heterocycles. The fourth-order valence-corrected chi connectivity index (χ4v) is 5.01. The van der Waals surface area contributed by atoms with Gasteiger partial charge in [0, 0.05) is 36.5 Å². The van der Waals surface area contributed by atoms with Crippen molar-refractivity contribution < 1.29 is 8.42 Å². The Morgan fingerprint density at radius 1 is 1.59 bits per heavy atom. The minimum atomic E-state index is -3.52. The summed E-state index contributed by atoms with van der Waals surface area (Å²) in [6, 6.07) is 1.49. The highest BCUT2D eigenvalue weighted by molar-refractivity contribution is 7.99. The second kappa shape index (κ2) is 5.14. The second-order valence-corrected chi connectivity index (χ2v) is 7.26. The molecule has 1 fully saturated rings. The Kier molecular flexibility index (Phi) is 3.97. The number of rotatable bonds is 2. The van der Waals surface area contributed by atoms with Gasteiger partial charge in [-0.15, -0.1) is 0 Å². The highest BCUT2D eigenvalue weighted by Crippen LogP contribution is 2.27. The smallest absolute Gasteiger partial charge is 0.246 e. The lowest BCUT2D eigenvalue weighted by molar-refractivity contribution is 0.367. The number of sulfonamides is 1. The molecular weight excluding hydrogens is 280 g/mol. The zero-order valence-corrected chi connectivity index (χ0v) is 11.7. The van der Waals surface area contributed by atoms with Crippen molar-refractivity contribution in [2.45, 2.75) is 17.9 Å². The zero-order valence-electron chi connectivity index (χ0n) is 9.34. The van der Waals surface area contributed by atoms with Crippen LogP contribution in [0.2, 0.25) is 5.02 Å². The normalized spacial score (nSPS) is 22.6. The predicted octanol–water partition coefficient (Wildman–Crippen LogP) is 1.86. The van der Waals surface area contributed by atoms with Crippen LogP contribution >= 0.6 is 23.4 Å². The van der Waals surface area contributed by atoms with Crippen LogP contribution in [0.4, 0.5) is 0 Å². The fraction of sp³-hybridized carbons (Fsp3) is 0.500. The lowest BCUT2D eigenvalue weighted by Crippen LogP contribution is -2.44. The third-order valence-corrected chi connectivity index (χ3v) is 6.30. The number of hydrogen-bond acceptors (Lipinski definition) is 4. The lowest BCUT2D eigenvalue weighted by atomic mass is 10.4. The van der Waals surface area contributed by atoms with Crippen LogP contribution in [0.3, 0.4) is 0 Å². The number of thioether (sulfide) groups is 1. The molecule has 0 bridgehead atoms. The van der Waals surface area contributed by atoms with Crippen molar-refractivity contribution >= 4 is 33.4 Å². The van der Waals surface area contributed by atoms with E-state index >= 15 is 0 Å². The van der Waals surface area contributed by atoms with E-state index in [1.807, 2.05) is 6.92 Å². The molecule has 1 saturated heterocycles. The van der Waals surface area contributed by atoms with Crippen LogP contribution < -0.4 is 0 Å². The number of nitrogens with zero attached hydrogens (tertiary/aromatic N) is 2. The van der Waals surface area contributed by atoms with Crippen molar-refractivity contribution in [2.24, 2.45) is 0 Å². The molecule has 4 nitrogen and oxygen atoms in total. The van der Waals surface area contributed by atoms with Crippen LogP contribution in [0.1, 0.15) is 6.92 Å². The third-order valence-electron chi connectivity index (χ3n) is 2.63. The topological polar surface area (TPSA) is 50.3 Å². The molecule has 7 heteroatoms. The van der Waals surface area contributed by atoms with Gasteiger partial charge < -0.3 is 0 Å². The zero-order chi connectivity index (χ0) is 12.5. The molecule has 0 radical (unpaired) electrons. The van der Waals surface area contributed by atoms with Gasteiger partial charge >= 0.3 is 0 Å². The minimum absolute atomic E-state index is 0.00461. The Morgan fingerprint density at radius 2 is 2.35 bits per heavy atom. The molecule has 0 amide bonds. The molecule has 1 atom stereocenters. The average Bonchev–Trinajstić information content (AvgIpc) is 2.29. The molecule has 0 saturated carbocycles. The number of halogens is 1. The van der Waals surface area contributed by atoms with Crippen LogP contribution in [-0.4, -0.2) is 41.8 Å². The molecular formula is C10H13ClN2O2S2. The summed E-state index contributed by atoms with van der Waals surface area (Å²) < 4.78 is 26.3. The van der Waals surface area contributed by atoms with E-state index < -0.39 is 10.0 Å². The van der Waals surface area contributed by atoms with Gasteiger partial charge in [-0.2, -0.15) is 16.1 Å². The molecule has 2 rings (SSSR count). The molecule has 1 aliphatic rings. The van der Waals surface area contributed by atoms with Gasteiger partial charge in [-0.05, 0) is 13.0 Å². The molecule has 1 unspecified atom stereocenters. The summed E-state index contributed by atoms with van der Waals surface area (Å²) in [5.74, 6) is 1.64. The summed E-state index contributed by atoms with van der Waals surface area (Å²) >= 11 is 7.69. The van der Waals surface area contributed by atoms with Crippen LogP contribution in [0, 0.1) is 0 Å². The summed E-state index contributed by atoms with van der Waals surface area (Å²) in [6.45, 7) is 2.44. The van der Waals surface area contributed by atoms with Gasteiger partial charge in [0.15, 0.2) is 0 Å². The maximum Gasteiger partial charge on any atom is 0.246 e. The van der Waals surface area contributed by atoms with E-state index in [0.717, 1.165) is 11.5 Å². The van der Waals surface area contributed by atoms with E-state index in [2.05, 4.69) is 4.98 Å². The predicted molar refractivity (Wildman–Crippen MR) is 69.9 cm³/mol. The first-order chi connectivity index (χ1) is 8.03. The van der Waals surface area contributed by atoms with Gasteiger partial charge in [-0.25, -0.2) is 8.42 Å². The molecule has 1 aromatic heterocycles. The van der Waals surface area contributed by atoms with Crippen LogP contribution in [0.5, 0.6) is 0 Å². The summed E-state index contributed by atoms with van der Waals surface area (Å²) in [4.78, 5) is 3.93. The fourth-order valence-electron chi connectivity index (χ4n) is 1.75. The Bertz CT molecular complexity index is 507. The Hall–Kier alpha value is -0.300. The molecule has 1 aromatic rings. The monoisotopic (exact) mass is 292 g/mol. The van der Waals surface area contributed by atoms with Crippen LogP contribution in [-0.2, 0) is 10.0 Å². The van der Waals surface area contributed by atoms with Crippen molar-refractivity contribution in [3.05, 3.63) is 23.5 Å². The van der Waals surface area contributed by atoms with E-state index in [-0.39, 0.29) is 16.0 Å². The van der Waals surface area contributed by atoms with E-state index in [9.17, 15) is 8.42 Å². The first kappa shape index (κ1) is 13.1. The SMILES string of the molecule is CC1CSCCN1S(=O)(=O)c1cnccc1Cl. The second-order valence-electron chi connectivity index (χ2n) is 3.85. The summed E-state index contributed by atoms with van der Waals surface area (Å²) in [7, 11) is -3.52. The summed E-state index contributed by atoms with van der Waals surface area (Å²) in [6.07, 6.45) is 2.79. The van der Waals surface area contributed by atoms with Crippen molar-refractivity contribution in [2.75, 3.05) is 18.1 Å². The molecule has 0 spiro atoms. The summed E-state index contributed by atoms with van der Waals surface area (Å²) in [5.41, 5.74) is 0. The van der Waals surface area contributed by atoms with E-state index in [4.69, 9.17) is 11.6 Å². The highest BCUT2D eigenvalue weighted by Gasteiger charge is 2.32. The average molecular weight is 293 g/mol. The van der Waals surface area contributed by atoms with Gasteiger partial charge in [0.2, 0.25) is 10.0 Å². The van der Waals surface area contributed by atoms with Gasteiger partial charge in [0.05, 0.1) is 5.02 Å². The third kappa shape index (κ3) is 2.59. The van der Waals surface area contributed by atoms with E-state index in [0.29, 0.717) is 6.54 Å². The van der Waals surface area contributed by atoms with Crippen molar-refractivity contribution in [1.29, 1.82) is 0 Å². The molecule has 94 valence electrons. The number of hydrogen-bond donors (Lipinski definition) is 0. The van der Waals surface area contributed by atoms with Gasteiger partial charge in [0.25, 0.3) is 0 Å². The lowest BCUT2D eigenvalue weighted by Gasteiger charge is -2.31. The molecule has 17 heavy (non-hydrogen) atoms. The van der Waals surface area contributed by atoms with E-state index in [1.165, 1.54) is 22.8 Å². The van der Waals surface area contributed by atoms with Crippen molar-refractivity contribution in [3.8, 4) is 0 Å². The van der Waals surface area contributed by atoms with Gasteiger partial charge in [-0.1, -0.05) is 11.6 Å².